The van der Waals surface area contributed by atoms with Gasteiger partial charge in [-0.2, -0.15) is 11.8 Å². The molecule has 0 spiro atoms. The minimum absolute atomic E-state index is 1.03. The molecule has 0 nitrogen and oxygen atoms in total. The van der Waals surface area contributed by atoms with E-state index in [0.717, 1.165) is 5.25 Å². The van der Waals surface area contributed by atoms with E-state index >= 15 is 0 Å². The average molecular weight is 271 g/mol. The fourth-order valence-corrected chi connectivity index (χ4v) is 4.27. The summed E-state index contributed by atoms with van der Waals surface area (Å²) < 4.78 is 0. The Labute approximate surface area is 120 Å². The third-order valence-electron chi connectivity index (χ3n) is 4.15. The van der Waals surface area contributed by atoms with Crippen LogP contribution >= 0.6 is 11.8 Å². The molecule has 1 fully saturated rings. The summed E-state index contributed by atoms with van der Waals surface area (Å²) in [4.78, 5) is 0. The first-order chi connectivity index (χ1) is 8.93. The molecule has 1 rings (SSSR count). The molecule has 0 radical (unpaired) electrons. The van der Waals surface area contributed by atoms with Crippen molar-refractivity contribution in [2.75, 3.05) is 5.75 Å². The van der Waals surface area contributed by atoms with Gasteiger partial charge in [-0.3, -0.25) is 0 Å². The van der Waals surface area contributed by atoms with Crippen LogP contribution in [0.4, 0.5) is 0 Å². The van der Waals surface area contributed by atoms with E-state index in [0.29, 0.717) is 0 Å². The van der Waals surface area contributed by atoms with Crippen molar-refractivity contribution in [1.82, 2.24) is 0 Å². The maximum Gasteiger partial charge on any atom is 0.00470 e. The monoisotopic (exact) mass is 270 g/mol. The Morgan fingerprint density at radius 3 is 1.78 bits per heavy atom. The Morgan fingerprint density at radius 1 is 0.722 bits per heavy atom. The van der Waals surface area contributed by atoms with E-state index < -0.39 is 0 Å². The fraction of sp³-hybridized carbons (Fsp3) is 1.00. The summed E-state index contributed by atoms with van der Waals surface area (Å²) in [5.74, 6) is 1.43. The van der Waals surface area contributed by atoms with Crippen LogP contribution in [0.1, 0.15) is 96.8 Å². The summed E-state index contributed by atoms with van der Waals surface area (Å²) in [5.41, 5.74) is 0. The minimum Gasteiger partial charge on any atom is -0.159 e. The minimum atomic E-state index is 1.03. The molecule has 0 aromatic rings. The summed E-state index contributed by atoms with van der Waals surface area (Å²) in [7, 11) is 0. The largest absolute Gasteiger partial charge is 0.159 e. The maximum atomic E-state index is 2.30. The predicted octanol–water partition coefficient (Wildman–Crippen LogP) is 6.58. The van der Waals surface area contributed by atoms with Gasteiger partial charge in [0.15, 0.2) is 0 Å². The van der Waals surface area contributed by atoms with Gasteiger partial charge < -0.3 is 0 Å². The average Bonchev–Trinajstić information content (AvgIpc) is 2.89. The Hall–Kier alpha value is 0.350. The van der Waals surface area contributed by atoms with Crippen LogP contribution in [0.5, 0.6) is 0 Å². The van der Waals surface area contributed by atoms with Crippen molar-refractivity contribution in [3.8, 4) is 0 Å². The first-order valence-corrected chi connectivity index (χ1v) is 9.60. The number of thioether (sulfide) groups is 1. The highest BCUT2D eigenvalue weighted by atomic mass is 32.2. The molecule has 0 aromatic carbocycles. The summed E-state index contributed by atoms with van der Waals surface area (Å²) in [6.45, 7) is 2.30. The molecule has 1 heteroatoms. The molecular formula is C17H34S. The second-order valence-corrected chi connectivity index (χ2v) is 7.37. The van der Waals surface area contributed by atoms with Crippen LogP contribution in [0.3, 0.4) is 0 Å². The van der Waals surface area contributed by atoms with Crippen molar-refractivity contribution in [3.63, 3.8) is 0 Å². The van der Waals surface area contributed by atoms with E-state index in [-0.39, 0.29) is 0 Å². The van der Waals surface area contributed by atoms with Crippen LogP contribution in [0.2, 0.25) is 0 Å². The van der Waals surface area contributed by atoms with Crippen molar-refractivity contribution in [1.29, 1.82) is 0 Å². The van der Waals surface area contributed by atoms with Gasteiger partial charge in [0.1, 0.15) is 0 Å². The van der Waals surface area contributed by atoms with Gasteiger partial charge in [0.05, 0.1) is 0 Å². The molecule has 1 saturated carbocycles. The molecule has 0 atom stereocenters. The lowest BCUT2D eigenvalue weighted by molar-refractivity contribution is 0.563. The molecule has 0 heterocycles. The SMILES string of the molecule is CCCCCCCCCCCCSC1CCCC1. The number of rotatable bonds is 12. The molecule has 0 bridgehead atoms. The van der Waals surface area contributed by atoms with E-state index in [1.165, 1.54) is 95.6 Å². The van der Waals surface area contributed by atoms with Crippen LogP contribution in [0.25, 0.3) is 0 Å². The normalized spacial score (nSPS) is 16.5. The van der Waals surface area contributed by atoms with Gasteiger partial charge in [0, 0.05) is 5.25 Å². The van der Waals surface area contributed by atoms with Crippen molar-refractivity contribution in [3.05, 3.63) is 0 Å². The zero-order chi connectivity index (χ0) is 12.9. The van der Waals surface area contributed by atoms with E-state index in [4.69, 9.17) is 0 Å². The van der Waals surface area contributed by atoms with Crippen LogP contribution in [0.15, 0.2) is 0 Å². The van der Waals surface area contributed by atoms with Crippen molar-refractivity contribution < 1.29 is 0 Å². The molecular weight excluding hydrogens is 236 g/mol. The van der Waals surface area contributed by atoms with Gasteiger partial charge in [0.2, 0.25) is 0 Å². The summed E-state index contributed by atoms with van der Waals surface area (Å²) in [6.07, 6.45) is 20.6. The molecule has 108 valence electrons. The van der Waals surface area contributed by atoms with Gasteiger partial charge in [-0.05, 0) is 25.0 Å². The molecule has 0 amide bonds. The third kappa shape index (κ3) is 9.30. The Balaban J connectivity index is 1.68. The standard InChI is InChI=1S/C17H34S/c1-2-3-4-5-6-7-8-9-10-13-16-18-17-14-11-12-15-17/h17H,2-16H2,1H3. The lowest BCUT2D eigenvalue weighted by Gasteiger charge is -2.08. The molecule has 18 heavy (non-hydrogen) atoms. The summed E-state index contributed by atoms with van der Waals surface area (Å²) in [5, 5.41) is 1.03. The van der Waals surface area contributed by atoms with Crippen molar-refractivity contribution in [2.24, 2.45) is 0 Å². The number of unbranched alkanes of at least 4 members (excludes halogenated alkanes) is 9. The topological polar surface area (TPSA) is 0 Å². The predicted molar refractivity (Wildman–Crippen MR) is 86.6 cm³/mol. The first kappa shape index (κ1) is 16.4. The van der Waals surface area contributed by atoms with Gasteiger partial charge >= 0.3 is 0 Å². The smallest absolute Gasteiger partial charge is 0.00470 e. The number of hydrogen-bond donors (Lipinski definition) is 0. The van der Waals surface area contributed by atoms with E-state index in [9.17, 15) is 0 Å². The quantitative estimate of drug-likeness (QED) is 0.361. The van der Waals surface area contributed by atoms with Crippen molar-refractivity contribution in [2.45, 2.75) is 102 Å². The van der Waals surface area contributed by atoms with Crippen molar-refractivity contribution >= 4 is 11.8 Å². The highest BCUT2D eigenvalue weighted by Gasteiger charge is 2.14. The molecule has 0 N–H and O–H groups in total. The fourth-order valence-electron chi connectivity index (χ4n) is 2.89. The highest BCUT2D eigenvalue weighted by Crippen LogP contribution is 2.30. The van der Waals surface area contributed by atoms with Crippen LogP contribution in [-0.2, 0) is 0 Å². The number of hydrogen-bond acceptors (Lipinski definition) is 1. The zero-order valence-electron chi connectivity index (χ0n) is 12.6. The lowest BCUT2D eigenvalue weighted by Crippen LogP contribution is -1.95. The Kier molecular flexibility index (Phi) is 11.3. The maximum absolute atomic E-state index is 2.30. The molecule has 1 aliphatic rings. The first-order valence-electron chi connectivity index (χ1n) is 8.55. The second-order valence-electron chi connectivity index (χ2n) is 5.96. The van der Waals surface area contributed by atoms with Crippen LogP contribution in [-0.4, -0.2) is 11.0 Å². The Bertz CT molecular complexity index is 161. The Morgan fingerprint density at radius 2 is 1.22 bits per heavy atom. The zero-order valence-corrected chi connectivity index (χ0v) is 13.4. The van der Waals surface area contributed by atoms with E-state index in [1.807, 2.05) is 0 Å². The second kappa shape index (κ2) is 12.4. The molecule has 0 aromatic heterocycles. The van der Waals surface area contributed by atoms with E-state index in [1.54, 1.807) is 0 Å². The summed E-state index contributed by atoms with van der Waals surface area (Å²) >= 11 is 2.26. The van der Waals surface area contributed by atoms with Gasteiger partial charge in [-0.25, -0.2) is 0 Å². The van der Waals surface area contributed by atoms with Crippen LogP contribution < -0.4 is 0 Å². The van der Waals surface area contributed by atoms with Gasteiger partial charge in [-0.15, -0.1) is 0 Å². The summed E-state index contributed by atoms with van der Waals surface area (Å²) in [6, 6.07) is 0. The molecule has 1 aliphatic carbocycles. The molecule has 0 saturated heterocycles. The third-order valence-corrected chi connectivity index (χ3v) is 5.62. The van der Waals surface area contributed by atoms with Gasteiger partial charge in [-0.1, -0.05) is 77.6 Å². The molecule has 0 aliphatic heterocycles. The highest BCUT2D eigenvalue weighted by molar-refractivity contribution is 7.99. The van der Waals surface area contributed by atoms with Crippen LogP contribution in [0, 0.1) is 0 Å². The van der Waals surface area contributed by atoms with E-state index in [2.05, 4.69) is 18.7 Å². The molecule has 0 unspecified atom stereocenters. The lowest BCUT2D eigenvalue weighted by atomic mass is 10.1. The van der Waals surface area contributed by atoms with Gasteiger partial charge in [0.25, 0.3) is 0 Å².